The summed E-state index contributed by atoms with van der Waals surface area (Å²) in [6.07, 6.45) is 5.35. The first-order valence-electron chi connectivity index (χ1n) is 10.3. The van der Waals surface area contributed by atoms with Crippen LogP contribution in [0, 0.1) is 6.92 Å². The zero-order chi connectivity index (χ0) is 20.6. The number of unbranched alkanes of at least 4 members (excludes halogenated alkanes) is 2. The van der Waals surface area contributed by atoms with Crippen LogP contribution in [-0.2, 0) is 13.1 Å². The molecule has 152 valence electrons. The van der Waals surface area contributed by atoms with Crippen molar-refractivity contribution in [3.8, 4) is 0 Å². The van der Waals surface area contributed by atoms with Crippen LogP contribution >= 0.6 is 11.6 Å². The monoisotopic (exact) mass is 408 g/mol. The molecule has 0 atom stereocenters. The topological polar surface area (TPSA) is 25.2 Å². The highest BCUT2D eigenvalue weighted by Crippen LogP contribution is 2.16. The van der Waals surface area contributed by atoms with Crippen LogP contribution in [0.2, 0.25) is 5.02 Å². The summed E-state index contributed by atoms with van der Waals surface area (Å²) >= 11 is 5.99. The number of aryl methyl sites for hydroxylation is 1. The number of hydrogen-bond acceptors (Lipinski definition) is 1. The van der Waals surface area contributed by atoms with Crippen LogP contribution in [0.15, 0.2) is 66.9 Å². The third-order valence-corrected chi connectivity index (χ3v) is 5.37. The molecule has 0 N–H and O–H groups in total. The third kappa shape index (κ3) is 5.98. The van der Waals surface area contributed by atoms with E-state index in [0.717, 1.165) is 38.0 Å². The van der Waals surface area contributed by atoms with E-state index in [1.807, 2.05) is 17.0 Å². The van der Waals surface area contributed by atoms with Gasteiger partial charge < -0.3 is 9.47 Å². The van der Waals surface area contributed by atoms with Crippen molar-refractivity contribution >= 4 is 17.5 Å². The first-order chi connectivity index (χ1) is 14.1. The highest BCUT2D eigenvalue weighted by molar-refractivity contribution is 6.30. The lowest BCUT2D eigenvalue weighted by Crippen LogP contribution is -2.32. The summed E-state index contributed by atoms with van der Waals surface area (Å²) in [5.74, 6) is 0.0566. The minimum absolute atomic E-state index is 0.0566. The van der Waals surface area contributed by atoms with Crippen molar-refractivity contribution in [1.29, 1.82) is 0 Å². The van der Waals surface area contributed by atoms with E-state index in [1.54, 1.807) is 12.1 Å². The Hall–Kier alpha value is -2.52. The van der Waals surface area contributed by atoms with Crippen molar-refractivity contribution in [3.63, 3.8) is 0 Å². The number of halogens is 1. The number of benzene rings is 2. The molecular formula is C25H29ClN2O. The highest BCUT2D eigenvalue weighted by Gasteiger charge is 2.17. The lowest BCUT2D eigenvalue weighted by atomic mass is 10.1. The molecule has 0 saturated heterocycles. The molecular weight excluding hydrogens is 380 g/mol. The van der Waals surface area contributed by atoms with Gasteiger partial charge in [-0.25, -0.2) is 0 Å². The summed E-state index contributed by atoms with van der Waals surface area (Å²) in [5, 5.41) is 0.645. The first kappa shape index (κ1) is 21.2. The van der Waals surface area contributed by atoms with Crippen molar-refractivity contribution in [1.82, 2.24) is 9.47 Å². The number of rotatable bonds is 9. The van der Waals surface area contributed by atoms with Crippen molar-refractivity contribution in [2.45, 2.75) is 46.2 Å². The number of carbonyl (C=O) groups is 1. The number of hydrogen-bond donors (Lipinski definition) is 0. The molecule has 2 aromatic carbocycles. The Balaban J connectivity index is 1.78. The molecule has 0 aliphatic heterocycles. The molecule has 1 aromatic heterocycles. The van der Waals surface area contributed by atoms with E-state index in [-0.39, 0.29) is 5.91 Å². The van der Waals surface area contributed by atoms with Gasteiger partial charge in [0, 0.05) is 35.6 Å². The van der Waals surface area contributed by atoms with Crippen molar-refractivity contribution < 1.29 is 4.79 Å². The van der Waals surface area contributed by atoms with Gasteiger partial charge in [-0.05, 0) is 55.3 Å². The normalized spacial score (nSPS) is 10.9. The quantitative estimate of drug-likeness (QED) is 0.379. The van der Waals surface area contributed by atoms with Gasteiger partial charge in [0.15, 0.2) is 0 Å². The molecule has 4 heteroatoms. The molecule has 0 radical (unpaired) electrons. The Morgan fingerprint density at radius 1 is 1.03 bits per heavy atom. The Bertz CT molecular complexity index is 930. The molecule has 29 heavy (non-hydrogen) atoms. The maximum atomic E-state index is 13.2. The van der Waals surface area contributed by atoms with Gasteiger partial charge in [0.1, 0.15) is 0 Å². The average molecular weight is 409 g/mol. The number of amides is 1. The maximum Gasteiger partial charge on any atom is 0.254 e. The summed E-state index contributed by atoms with van der Waals surface area (Å²) < 4.78 is 2.23. The lowest BCUT2D eigenvalue weighted by Gasteiger charge is -2.24. The summed E-state index contributed by atoms with van der Waals surface area (Å²) in [4.78, 5) is 15.1. The SMILES string of the molecule is CCCCCN(Cc1cccn1Cc1cccc(C)c1)C(=O)c1ccc(Cl)cc1. The molecule has 0 aliphatic carbocycles. The van der Waals surface area contributed by atoms with Crippen LogP contribution in [0.25, 0.3) is 0 Å². The highest BCUT2D eigenvalue weighted by atomic mass is 35.5. The zero-order valence-electron chi connectivity index (χ0n) is 17.3. The fourth-order valence-corrected chi connectivity index (χ4v) is 3.66. The van der Waals surface area contributed by atoms with Crippen molar-refractivity contribution in [3.05, 3.63) is 94.3 Å². The molecule has 0 bridgehead atoms. The van der Waals surface area contributed by atoms with Gasteiger partial charge in [-0.1, -0.05) is 61.2 Å². The maximum absolute atomic E-state index is 13.2. The summed E-state index contributed by atoms with van der Waals surface area (Å²) in [6.45, 7) is 6.45. The van der Waals surface area contributed by atoms with Gasteiger partial charge >= 0.3 is 0 Å². The number of aromatic nitrogens is 1. The van der Waals surface area contributed by atoms with Crippen LogP contribution in [0.1, 0.15) is 53.4 Å². The minimum atomic E-state index is 0.0566. The Kier molecular flexibility index (Phi) is 7.54. The summed E-state index contributed by atoms with van der Waals surface area (Å²) in [7, 11) is 0. The number of nitrogens with zero attached hydrogens (tertiary/aromatic N) is 2. The van der Waals surface area contributed by atoms with E-state index in [0.29, 0.717) is 17.1 Å². The second kappa shape index (κ2) is 10.3. The van der Waals surface area contributed by atoms with E-state index in [4.69, 9.17) is 11.6 Å². The fourth-order valence-electron chi connectivity index (χ4n) is 3.53. The molecule has 0 fully saturated rings. The third-order valence-electron chi connectivity index (χ3n) is 5.12. The fraction of sp³-hybridized carbons (Fsp3) is 0.320. The van der Waals surface area contributed by atoms with E-state index in [2.05, 4.69) is 61.0 Å². The molecule has 1 amide bonds. The Morgan fingerprint density at radius 3 is 2.55 bits per heavy atom. The molecule has 3 aromatic rings. The molecule has 0 spiro atoms. The molecule has 3 rings (SSSR count). The zero-order valence-corrected chi connectivity index (χ0v) is 18.0. The Morgan fingerprint density at radius 2 is 1.83 bits per heavy atom. The van der Waals surface area contributed by atoms with Crippen molar-refractivity contribution in [2.75, 3.05) is 6.54 Å². The van der Waals surface area contributed by atoms with Crippen LogP contribution in [0.4, 0.5) is 0 Å². The smallest absolute Gasteiger partial charge is 0.254 e. The second-order valence-corrected chi connectivity index (χ2v) is 7.99. The summed E-state index contributed by atoms with van der Waals surface area (Å²) in [6, 6.07) is 19.9. The molecule has 0 aliphatic rings. The van der Waals surface area contributed by atoms with E-state index >= 15 is 0 Å². The van der Waals surface area contributed by atoms with E-state index < -0.39 is 0 Å². The average Bonchev–Trinajstić information content (AvgIpc) is 3.14. The van der Waals surface area contributed by atoms with Gasteiger partial charge in [-0.3, -0.25) is 4.79 Å². The molecule has 1 heterocycles. The standard InChI is InChI=1S/C25H29ClN2O/c1-3-4-5-15-28(25(29)22-11-13-23(26)14-12-22)19-24-10-7-16-27(24)18-21-9-6-8-20(2)17-21/h6-14,16-17H,3-5,15,18-19H2,1-2H3. The Labute approximate surface area is 178 Å². The predicted octanol–water partition coefficient (Wildman–Crippen LogP) is 6.33. The van der Waals surface area contributed by atoms with E-state index in [1.165, 1.54) is 11.1 Å². The van der Waals surface area contributed by atoms with Gasteiger partial charge in [0.2, 0.25) is 0 Å². The van der Waals surface area contributed by atoms with Crippen molar-refractivity contribution in [2.24, 2.45) is 0 Å². The number of carbonyl (C=O) groups excluding carboxylic acids is 1. The van der Waals surface area contributed by atoms with Crippen LogP contribution < -0.4 is 0 Å². The molecule has 3 nitrogen and oxygen atoms in total. The lowest BCUT2D eigenvalue weighted by molar-refractivity contribution is 0.0736. The largest absolute Gasteiger partial charge is 0.345 e. The summed E-state index contributed by atoms with van der Waals surface area (Å²) in [5.41, 5.74) is 4.35. The minimum Gasteiger partial charge on any atom is -0.345 e. The molecule has 0 saturated carbocycles. The molecule has 0 unspecified atom stereocenters. The van der Waals surface area contributed by atoms with E-state index in [9.17, 15) is 4.79 Å². The predicted molar refractivity (Wildman–Crippen MR) is 120 cm³/mol. The van der Waals surface area contributed by atoms with Crippen LogP contribution in [-0.4, -0.2) is 21.9 Å². The van der Waals surface area contributed by atoms with Gasteiger partial charge in [-0.15, -0.1) is 0 Å². The van der Waals surface area contributed by atoms with Crippen LogP contribution in [0.3, 0.4) is 0 Å². The second-order valence-electron chi connectivity index (χ2n) is 7.56. The van der Waals surface area contributed by atoms with Gasteiger partial charge in [-0.2, -0.15) is 0 Å². The van der Waals surface area contributed by atoms with Crippen LogP contribution in [0.5, 0.6) is 0 Å². The van der Waals surface area contributed by atoms with Gasteiger partial charge in [0.05, 0.1) is 6.54 Å². The first-order valence-corrected chi connectivity index (χ1v) is 10.7. The van der Waals surface area contributed by atoms with Gasteiger partial charge in [0.25, 0.3) is 5.91 Å².